The van der Waals surface area contributed by atoms with Crippen LogP contribution in [0.15, 0.2) is 107 Å². The van der Waals surface area contributed by atoms with Crippen LogP contribution in [0, 0.1) is 6.92 Å². The molecular formula is C39H35N3O5. The molecule has 6 rings (SSSR count). The summed E-state index contributed by atoms with van der Waals surface area (Å²) >= 11 is 0. The summed E-state index contributed by atoms with van der Waals surface area (Å²) in [6, 6.07) is 29.7. The molecule has 5 aromatic carbocycles. The predicted octanol–water partition coefficient (Wildman–Crippen LogP) is 8.21. The SMILES string of the molecule is CCOc1cc(C)c(-c2nc3ccccc3c(=O)n2N=Cc2c(OCc3ccc(C(=O)O)cc3)ccc3ccccc23)cc1C(C)C. The van der Waals surface area contributed by atoms with Crippen LogP contribution in [0.5, 0.6) is 11.5 Å². The lowest BCUT2D eigenvalue weighted by molar-refractivity contribution is 0.0697. The molecule has 0 saturated carbocycles. The van der Waals surface area contributed by atoms with E-state index in [1.807, 2.05) is 74.5 Å². The fraction of sp³-hybridized carbons (Fsp3) is 0.179. The minimum atomic E-state index is -0.982. The van der Waals surface area contributed by atoms with Crippen LogP contribution >= 0.6 is 0 Å². The molecule has 1 heterocycles. The minimum Gasteiger partial charge on any atom is -0.494 e. The number of fused-ring (bicyclic) bond motifs is 2. The first-order valence-electron chi connectivity index (χ1n) is 15.6. The molecule has 0 radical (unpaired) electrons. The number of ether oxygens (including phenoxy) is 2. The van der Waals surface area contributed by atoms with Gasteiger partial charge in [0.1, 0.15) is 18.1 Å². The number of benzene rings is 5. The monoisotopic (exact) mass is 625 g/mol. The average Bonchev–Trinajstić information content (AvgIpc) is 3.07. The zero-order valence-electron chi connectivity index (χ0n) is 26.7. The Kier molecular flexibility index (Phi) is 8.84. The van der Waals surface area contributed by atoms with Gasteiger partial charge in [-0.3, -0.25) is 4.79 Å². The highest BCUT2D eigenvalue weighted by Gasteiger charge is 2.19. The number of hydrogen-bond acceptors (Lipinski definition) is 6. The van der Waals surface area contributed by atoms with Gasteiger partial charge in [0.25, 0.3) is 5.56 Å². The molecule has 8 heteroatoms. The number of aryl methyl sites for hydroxylation is 1. The standard InChI is InChI=1S/C39H35N3O5/c1-5-46-36-20-25(4)32(21-31(36)24(2)3)37-41-34-13-9-8-12-30(34)38(43)42(37)40-22-33-29-11-7-6-10-27(29)18-19-35(33)47-23-26-14-16-28(17-15-26)39(44)45/h6-22,24H,5,23H2,1-4H3,(H,44,45). The molecular weight excluding hydrogens is 590 g/mol. The third-order valence-corrected chi connectivity index (χ3v) is 8.10. The number of para-hydroxylation sites is 1. The summed E-state index contributed by atoms with van der Waals surface area (Å²) in [5.41, 5.74) is 4.73. The van der Waals surface area contributed by atoms with Crippen LogP contribution < -0.4 is 15.0 Å². The van der Waals surface area contributed by atoms with Crippen molar-refractivity contribution < 1.29 is 19.4 Å². The van der Waals surface area contributed by atoms with Crippen molar-refractivity contribution in [1.29, 1.82) is 0 Å². The van der Waals surface area contributed by atoms with Crippen LogP contribution in [0.3, 0.4) is 0 Å². The Morgan fingerprint density at radius 3 is 2.36 bits per heavy atom. The van der Waals surface area contributed by atoms with E-state index in [4.69, 9.17) is 19.6 Å². The molecule has 0 atom stereocenters. The average molecular weight is 626 g/mol. The molecule has 6 aromatic rings. The normalized spacial score (nSPS) is 11.5. The van der Waals surface area contributed by atoms with Gasteiger partial charge in [0.15, 0.2) is 5.82 Å². The molecule has 1 aromatic heterocycles. The number of rotatable bonds is 10. The highest BCUT2D eigenvalue weighted by atomic mass is 16.5. The van der Waals surface area contributed by atoms with Gasteiger partial charge in [0, 0.05) is 11.1 Å². The van der Waals surface area contributed by atoms with Crippen molar-refractivity contribution in [2.24, 2.45) is 5.10 Å². The second-order valence-electron chi connectivity index (χ2n) is 11.6. The van der Waals surface area contributed by atoms with Gasteiger partial charge in [0.2, 0.25) is 0 Å². The maximum absolute atomic E-state index is 14.1. The first-order valence-corrected chi connectivity index (χ1v) is 15.6. The fourth-order valence-corrected chi connectivity index (χ4v) is 5.63. The lowest BCUT2D eigenvalue weighted by Crippen LogP contribution is -2.21. The Balaban J connectivity index is 1.50. The number of carboxylic acid groups (broad SMARTS) is 1. The largest absolute Gasteiger partial charge is 0.494 e. The maximum Gasteiger partial charge on any atom is 0.335 e. The molecule has 0 bridgehead atoms. The zero-order valence-corrected chi connectivity index (χ0v) is 26.7. The van der Waals surface area contributed by atoms with Crippen LogP contribution in [0.1, 0.15) is 59.3 Å². The quantitative estimate of drug-likeness (QED) is 0.154. The van der Waals surface area contributed by atoms with Gasteiger partial charge in [0.05, 0.1) is 29.3 Å². The second kappa shape index (κ2) is 13.3. The second-order valence-corrected chi connectivity index (χ2v) is 11.6. The van der Waals surface area contributed by atoms with Gasteiger partial charge >= 0.3 is 5.97 Å². The first-order chi connectivity index (χ1) is 22.7. The highest BCUT2D eigenvalue weighted by Crippen LogP contribution is 2.34. The van der Waals surface area contributed by atoms with E-state index in [-0.39, 0.29) is 23.6 Å². The van der Waals surface area contributed by atoms with Crippen LogP contribution in [0.25, 0.3) is 33.1 Å². The van der Waals surface area contributed by atoms with Gasteiger partial charge in [-0.05, 0) is 89.7 Å². The van der Waals surface area contributed by atoms with E-state index >= 15 is 0 Å². The van der Waals surface area contributed by atoms with Crippen LogP contribution in [-0.4, -0.2) is 33.6 Å². The van der Waals surface area contributed by atoms with Gasteiger partial charge in [-0.2, -0.15) is 9.78 Å². The Bertz CT molecular complexity index is 2200. The van der Waals surface area contributed by atoms with Crippen molar-refractivity contribution in [3.63, 3.8) is 0 Å². The van der Waals surface area contributed by atoms with E-state index in [9.17, 15) is 14.7 Å². The number of carboxylic acids is 1. The summed E-state index contributed by atoms with van der Waals surface area (Å²) in [5.74, 6) is 1.00. The lowest BCUT2D eigenvalue weighted by Gasteiger charge is -2.18. The molecule has 0 saturated heterocycles. The topological polar surface area (TPSA) is 103 Å². The molecule has 0 amide bonds. The van der Waals surface area contributed by atoms with Crippen molar-refractivity contribution in [3.05, 3.63) is 135 Å². The van der Waals surface area contributed by atoms with Crippen molar-refractivity contribution in [2.45, 2.75) is 40.2 Å². The fourth-order valence-electron chi connectivity index (χ4n) is 5.63. The Morgan fingerprint density at radius 2 is 1.64 bits per heavy atom. The van der Waals surface area contributed by atoms with Crippen molar-refractivity contribution >= 4 is 33.9 Å². The number of carbonyl (C=O) groups is 1. The molecule has 1 N–H and O–H groups in total. The van der Waals surface area contributed by atoms with Gasteiger partial charge in [-0.25, -0.2) is 9.78 Å². The third-order valence-electron chi connectivity index (χ3n) is 8.10. The molecule has 0 aliphatic carbocycles. The molecule has 236 valence electrons. The molecule has 0 fully saturated rings. The van der Waals surface area contributed by atoms with Crippen molar-refractivity contribution in [3.8, 4) is 22.9 Å². The summed E-state index contributed by atoms with van der Waals surface area (Å²) in [6.45, 7) is 8.93. The highest BCUT2D eigenvalue weighted by molar-refractivity contribution is 6.02. The first kappa shape index (κ1) is 31.2. The van der Waals surface area contributed by atoms with Crippen molar-refractivity contribution in [2.75, 3.05) is 6.61 Å². The van der Waals surface area contributed by atoms with E-state index in [2.05, 4.69) is 19.9 Å². The van der Waals surface area contributed by atoms with Gasteiger partial charge in [-0.1, -0.05) is 68.4 Å². The number of hydrogen-bond donors (Lipinski definition) is 1. The Morgan fingerprint density at radius 1 is 0.915 bits per heavy atom. The Hall–Kier alpha value is -5.76. The summed E-state index contributed by atoms with van der Waals surface area (Å²) in [5, 5.41) is 16.4. The third kappa shape index (κ3) is 6.35. The van der Waals surface area contributed by atoms with Crippen LogP contribution in [-0.2, 0) is 6.61 Å². The molecule has 8 nitrogen and oxygen atoms in total. The zero-order chi connectivity index (χ0) is 33.1. The summed E-state index contributed by atoms with van der Waals surface area (Å²) in [4.78, 5) is 30.3. The van der Waals surface area contributed by atoms with E-state index < -0.39 is 5.97 Å². The smallest absolute Gasteiger partial charge is 0.335 e. The summed E-state index contributed by atoms with van der Waals surface area (Å²) in [7, 11) is 0. The molecule has 0 aliphatic rings. The van der Waals surface area contributed by atoms with Gasteiger partial charge < -0.3 is 14.6 Å². The van der Waals surface area contributed by atoms with E-state index in [1.54, 1.807) is 36.5 Å². The van der Waals surface area contributed by atoms with Gasteiger partial charge in [-0.15, -0.1) is 0 Å². The minimum absolute atomic E-state index is 0.177. The summed E-state index contributed by atoms with van der Waals surface area (Å²) in [6.07, 6.45) is 1.65. The molecule has 47 heavy (non-hydrogen) atoms. The van der Waals surface area contributed by atoms with Crippen LogP contribution in [0.4, 0.5) is 0 Å². The van der Waals surface area contributed by atoms with Crippen LogP contribution in [0.2, 0.25) is 0 Å². The van der Waals surface area contributed by atoms with Crippen molar-refractivity contribution in [1.82, 2.24) is 9.66 Å². The molecule has 0 spiro atoms. The number of aromatic carboxylic acids is 1. The van der Waals surface area contributed by atoms with E-state index in [1.165, 1.54) is 4.68 Å². The lowest BCUT2D eigenvalue weighted by atomic mass is 9.96. The number of aromatic nitrogens is 2. The molecule has 0 aliphatic heterocycles. The summed E-state index contributed by atoms with van der Waals surface area (Å²) < 4.78 is 13.6. The van der Waals surface area contributed by atoms with E-state index in [0.717, 1.165) is 38.8 Å². The Labute approximate surface area is 272 Å². The maximum atomic E-state index is 14.1. The number of nitrogens with zero attached hydrogens (tertiary/aromatic N) is 3. The molecule has 0 unspecified atom stereocenters. The van der Waals surface area contributed by atoms with E-state index in [0.29, 0.717) is 34.6 Å². The predicted molar refractivity (Wildman–Crippen MR) is 186 cm³/mol.